The lowest BCUT2D eigenvalue weighted by molar-refractivity contribution is 0.102. The molecule has 0 spiro atoms. The normalized spacial score (nSPS) is 10.2. The van der Waals surface area contributed by atoms with Gasteiger partial charge in [-0.25, -0.2) is 4.39 Å². The van der Waals surface area contributed by atoms with Crippen LogP contribution in [0, 0.1) is 17.1 Å². The van der Waals surface area contributed by atoms with Crippen LogP contribution in [0.15, 0.2) is 61.2 Å². The molecule has 0 aliphatic heterocycles. The fourth-order valence-corrected chi connectivity index (χ4v) is 2.88. The van der Waals surface area contributed by atoms with E-state index in [9.17, 15) is 14.3 Å². The van der Waals surface area contributed by atoms with Crippen molar-refractivity contribution in [1.82, 2.24) is 0 Å². The summed E-state index contributed by atoms with van der Waals surface area (Å²) in [6.45, 7) is 3.60. The van der Waals surface area contributed by atoms with Gasteiger partial charge in [0, 0.05) is 5.56 Å². The van der Waals surface area contributed by atoms with Crippen molar-refractivity contribution < 1.29 is 14.3 Å². The van der Waals surface area contributed by atoms with E-state index in [2.05, 4.69) is 11.9 Å². The minimum Gasteiger partial charge on any atom is -0.507 e. The third-order valence-electron chi connectivity index (χ3n) is 4.13. The van der Waals surface area contributed by atoms with Gasteiger partial charge in [0.2, 0.25) is 0 Å². The first kappa shape index (κ1) is 19.2. The third-order valence-corrected chi connectivity index (χ3v) is 4.44. The summed E-state index contributed by atoms with van der Waals surface area (Å²) in [4.78, 5) is 12.6. The van der Waals surface area contributed by atoms with E-state index in [1.54, 1.807) is 12.1 Å². The average Bonchev–Trinajstić information content (AvgIpc) is 2.69. The van der Waals surface area contributed by atoms with Crippen molar-refractivity contribution in [3.63, 3.8) is 0 Å². The van der Waals surface area contributed by atoms with Gasteiger partial charge in [-0.3, -0.25) is 4.79 Å². The summed E-state index contributed by atoms with van der Waals surface area (Å²) in [5.74, 6) is -1.34. The smallest absolute Gasteiger partial charge is 0.259 e. The molecule has 0 fully saturated rings. The number of amides is 1. The lowest BCUT2D eigenvalue weighted by Crippen LogP contribution is -2.12. The first-order valence-corrected chi connectivity index (χ1v) is 8.57. The number of halogens is 2. The van der Waals surface area contributed by atoms with Crippen molar-refractivity contribution in [1.29, 1.82) is 5.26 Å². The van der Waals surface area contributed by atoms with Crippen LogP contribution in [0.5, 0.6) is 5.75 Å². The average molecular weight is 393 g/mol. The predicted molar refractivity (Wildman–Crippen MR) is 108 cm³/mol. The highest BCUT2D eigenvalue weighted by Gasteiger charge is 2.16. The monoisotopic (exact) mass is 392 g/mol. The van der Waals surface area contributed by atoms with E-state index in [-0.39, 0.29) is 27.6 Å². The second-order valence-electron chi connectivity index (χ2n) is 5.94. The zero-order chi connectivity index (χ0) is 20.3. The molecule has 0 bridgehead atoms. The van der Waals surface area contributed by atoms with Gasteiger partial charge in [-0.15, -0.1) is 0 Å². The third kappa shape index (κ3) is 3.88. The first-order valence-electron chi connectivity index (χ1n) is 8.19. The summed E-state index contributed by atoms with van der Waals surface area (Å²) in [7, 11) is 0. The summed E-state index contributed by atoms with van der Waals surface area (Å²) >= 11 is 6.07. The molecular formula is C22H14ClFN2O2. The number of nitrogens with zero attached hydrogens (tertiary/aromatic N) is 1. The zero-order valence-electron chi connectivity index (χ0n) is 14.5. The van der Waals surface area contributed by atoms with Gasteiger partial charge in [-0.1, -0.05) is 42.5 Å². The standard InChI is InChI=1S/C22H14ClFN2O2/c1-2-13-3-6-16(19(24)10-13)15-5-8-21(27)17(11-15)22(28)26-20-7-4-14(12-25)9-18(20)23/h2-11,27H,1H2,(H,26,28). The molecule has 138 valence electrons. The molecular weight excluding hydrogens is 379 g/mol. The predicted octanol–water partition coefficient (Wildman–Crippen LogP) is 5.62. The van der Waals surface area contributed by atoms with E-state index in [4.69, 9.17) is 16.9 Å². The zero-order valence-corrected chi connectivity index (χ0v) is 15.3. The molecule has 0 saturated carbocycles. The number of carbonyl (C=O) groups is 1. The van der Waals surface area contributed by atoms with Gasteiger partial charge in [-0.2, -0.15) is 5.26 Å². The number of anilines is 1. The number of hydrogen-bond acceptors (Lipinski definition) is 3. The molecule has 3 aromatic rings. The Kier molecular flexibility index (Phi) is 5.44. The molecule has 4 nitrogen and oxygen atoms in total. The summed E-state index contributed by atoms with van der Waals surface area (Å²) in [5, 5.41) is 21.7. The minimum atomic E-state index is -0.617. The van der Waals surface area contributed by atoms with Crippen molar-refractivity contribution in [3.05, 3.63) is 88.7 Å². The molecule has 2 N–H and O–H groups in total. The molecule has 0 aliphatic carbocycles. The summed E-state index contributed by atoms with van der Waals surface area (Å²) < 4.78 is 14.4. The highest BCUT2D eigenvalue weighted by Crippen LogP contribution is 2.30. The van der Waals surface area contributed by atoms with Crippen LogP contribution in [-0.4, -0.2) is 11.0 Å². The molecule has 0 heterocycles. The Labute approximate surface area is 166 Å². The SMILES string of the molecule is C=Cc1ccc(-c2ccc(O)c(C(=O)Nc3ccc(C#N)cc3Cl)c2)c(F)c1. The van der Waals surface area contributed by atoms with Gasteiger partial charge < -0.3 is 10.4 Å². The quantitative estimate of drug-likeness (QED) is 0.605. The molecule has 0 unspecified atom stereocenters. The van der Waals surface area contributed by atoms with Gasteiger partial charge in [-0.05, 0) is 47.5 Å². The van der Waals surface area contributed by atoms with Gasteiger partial charge in [0.05, 0.1) is 27.9 Å². The maximum absolute atomic E-state index is 14.4. The van der Waals surface area contributed by atoms with Gasteiger partial charge >= 0.3 is 0 Å². The van der Waals surface area contributed by atoms with E-state index in [0.29, 0.717) is 16.7 Å². The number of phenolic OH excluding ortho intramolecular Hbond substituents is 1. The first-order chi connectivity index (χ1) is 13.4. The van der Waals surface area contributed by atoms with Crippen LogP contribution >= 0.6 is 11.6 Å². The number of hydrogen-bond donors (Lipinski definition) is 2. The number of nitrogens with one attached hydrogen (secondary N) is 1. The Morgan fingerprint density at radius 2 is 1.96 bits per heavy atom. The Morgan fingerprint density at radius 1 is 1.18 bits per heavy atom. The molecule has 6 heteroatoms. The van der Waals surface area contributed by atoms with Crippen LogP contribution < -0.4 is 5.32 Å². The lowest BCUT2D eigenvalue weighted by Gasteiger charge is -2.11. The number of rotatable bonds is 4. The van der Waals surface area contributed by atoms with E-state index < -0.39 is 11.7 Å². The fraction of sp³-hybridized carbons (Fsp3) is 0. The number of aromatic hydroxyl groups is 1. The highest BCUT2D eigenvalue weighted by atomic mass is 35.5. The van der Waals surface area contributed by atoms with Crippen molar-refractivity contribution in [2.45, 2.75) is 0 Å². The topological polar surface area (TPSA) is 73.1 Å². The van der Waals surface area contributed by atoms with Crippen LogP contribution in [0.4, 0.5) is 10.1 Å². The number of benzene rings is 3. The number of nitriles is 1. The lowest BCUT2D eigenvalue weighted by atomic mass is 10.00. The van der Waals surface area contributed by atoms with Crippen LogP contribution in [0.2, 0.25) is 5.02 Å². The largest absolute Gasteiger partial charge is 0.507 e. The van der Waals surface area contributed by atoms with E-state index in [1.807, 2.05) is 6.07 Å². The molecule has 28 heavy (non-hydrogen) atoms. The molecule has 0 atom stereocenters. The molecule has 0 saturated heterocycles. The van der Waals surface area contributed by atoms with Crippen molar-refractivity contribution in [2.75, 3.05) is 5.32 Å². The Hall–Kier alpha value is -3.62. The minimum absolute atomic E-state index is 0.0369. The van der Waals surface area contributed by atoms with Gasteiger partial charge in [0.1, 0.15) is 11.6 Å². The second-order valence-corrected chi connectivity index (χ2v) is 6.34. The van der Waals surface area contributed by atoms with Gasteiger partial charge in [0.15, 0.2) is 0 Å². The van der Waals surface area contributed by atoms with Crippen LogP contribution in [0.1, 0.15) is 21.5 Å². The Morgan fingerprint density at radius 3 is 2.61 bits per heavy atom. The maximum Gasteiger partial charge on any atom is 0.259 e. The Bertz CT molecular complexity index is 1140. The summed E-state index contributed by atoms with van der Waals surface area (Å²) in [6, 6.07) is 15.2. The van der Waals surface area contributed by atoms with Crippen molar-refractivity contribution in [2.24, 2.45) is 0 Å². The van der Waals surface area contributed by atoms with Crippen LogP contribution in [0.25, 0.3) is 17.2 Å². The molecule has 0 aromatic heterocycles. The van der Waals surface area contributed by atoms with E-state index in [1.165, 1.54) is 48.5 Å². The van der Waals surface area contributed by atoms with Crippen molar-refractivity contribution in [3.8, 4) is 22.9 Å². The van der Waals surface area contributed by atoms with E-state index >= 15 is 0 Å². The fourth-order valence-electron chi connectivity index (χ4n) is 2.65. The molecule has 0 radical (unpaired) electrons. The van der Waals surface area contributed by atoms with Crippen LogP contribution in [0.3, 0.4) is 0 Å². The molecule has 3 aromatic carbocycles. The Balaban J connectivity index is 1.94. The second kappa shape index (κ2) is 7.95. The molecule has 3 rings (SSSR count). The number of phenols is 1. The summed E-state index contributed by atoms with van der Waals surface area (Å²) in [5.41, 5.74) is 1.96. The number of carbonyl (C=O) groups excluding carboxylic acids is 1. The summed E-state index contributed by atoms with van der Waals surface area (Å²) in [6.07, 6.45) is 1.53. The molecule has 0 aliphatic rings. The molecule has 1 amide bonds. The highest BCUT2D eigenvalue weighted by molar-refractivity contribution is 6.34. The van der Waals surface area contributed by atoms with Crippen LogP contribution in [-0.2, 0) is 0 Å². The van der Waals surface area contributed by atoms with Crippen molar-refractivity contribution >= 4 is 29.3 Å². The van der Waals surface area contributed by atoms with Gasteiger partial charge in [0.25, 0.3) is 5.91 Å². The van der Waals surface area contributed by atoms with E-state index in [0.717, 1.165) is 0 Å². The maximum atomic E-state index is 14.4.